The van der Waals surface area contributed by atoms with Crippen LogP contribution in [0, 0.1) is 12.1 Å². The minimum atomic E-state index is 0.843. The van der Waals surface area contributed by atoms with E-state index in [9.17, 15) is 0 Å². The summed E-state index contributed by atoms with van der Waals surface area (Å²) in [5, 5.41) is 0.843. The molecule has 2 aliphatic rings. The second-order valence-electron chi connectivity index (χ2n) is 2.69. The number of rotatable bonds is 0. The maximum absolute atomic E-state index is 5.61. The highest BCUT2D eigenvalue weighted by atomic mass is 35.5. The Balaban J connectivity index is 0.000000102. The van der Waals surface area contributed by atoms with Gasteiger partial charge in [0.2, 0.25) is 0 Å². The Morgan fingerprint density at radius 3 is 2.00 bits per heavy atom. The fourth-order valence-corrected chi connectivity index (χ4v) is 1.20. The van der Waals surface area contributed by atoms with Gasteiger partial charge in [-0.3, -0.25) is 0 Å². The molecule has 13 heavy (non-hydrogen) atoms. The van der Waals surface area contributed by atoms with Gasteiger partial charge in [0.05, 0.1) is 0 Å². The zero-order chi connectivity index (χ0) is 9.10. The summed E-state index contributed by atoms with van der Waals surface area (Å²) >= 11 is 5.61. The van der Waals surface area contributed by atoms with Crippen LogP contribution in [0.4, 0.5) is 0 Å². The van der Waals surface area contributed by atoms with Crippen LogP contribution in [-0.2, 0) is 0 Å². The molecule has 0 aliphatic heterocycles. The van der Waals surface area contributed by atoms with Gasteiger partial charge in [-0.15, -0.1) is 0 Å². The molecule has 0 saturated heterocycles. The third kappa shape index (κ3) is 2.10. The van der Waals surface area contributed by atoms with E-state index < -0.39 is 0 Å². The first kappa shape index (κ1) is 8.33. The summed E-state index contributed by atoms with van der Waals surface area (Å²) in [6.07, 6.45) is 0. The highest BCUT2D eigenvalue weighted by Crippen LogP contribution is 2.40. The molecule has 0 nitrogen and oxygen atoms in total. The lowest BCUT2D eigenvalue weighted by atomic mass is 10.4. The molecule has 0 amide bonds. The van der Waals surface area contributed by atoms with Crippen LogP contribution < -0.4 is 0 Å². The minimum absolute atomic E-state index is 0.843. The van der Waals surface area contributed by atoms with Crippen molar-refractivity contribution in [1.29, 1.82) is 0 Å². The van der Waals surface area contributed by atoms with E-state index in [4.69, 9.17) is 11.6 Å². The van der Waals surface area contributed by atoms with E-state index in [2.05, 4.69) is 12.1 Å². The van der Waals surface area contributed by atoms with Crippen LogP contribution in [0.1, 0.15) is 0 Å². The molecule has 0 N–H and O–H groups in total. The zero-order valence-electron chi connectivity index (χ0n) is 6.92. The Morgan fingerprint density at radius 1 is 1.08 bits per heavy atom. The standard InChI is InChI=1S/C6H2Cl.C6H5/c7-6-2-1-4-3-5(4)6;1-2-4-6-5-3-1/h2-3H;1-5H. The predicted octanol–water partition coefficient (Wildman–Crippen LogP) is 3.61. The molecule has 1 aromatic carbocycles. The number of hydrogen-bond acceptors (Lipinski definition) is 0. The first-order valence-corrected chi connectivity index (χ1v) is 4.38. The van der Waals surface area contributed by atoms with Gasteiger partial charge in [-0.1, -0.05) is 41.9 Å². The first-order chi connectivity index (χ1) is 6.38. The predicted molar refractivity (Wildman–Crippen MR) is 54.6 cm³/mol. The normalized spacial score (nSPS) is 9.92. The monoisotopic (exact) mass is 186 g/mol. The topological polar surface area (TPSA) is 0 Å². The summed E-state index contributed by atoms with van der Waals surface area (Å²) in [5.74, 6) is 0. The van der Waals surface area contributed by atoms with E-state index in [1.165, 1.54) is 11.1 Å². The summed E-state index contributed by atoms with van der Waals surface area (Å²) in [6, 6.07) is 19.3. The van der Waals surface area contributed by atoms with Crippen molar-refractivity contribution in [1.82, 2.24) is 0 Å². The van der Waals surface area contributed by atoms with E-state index in [1.807, 2.05) is 36.4 Å². The van der Waals surface area contributed by atoms with Crippen LogP contribution in [0.15, 0.2) is 42.5 Å². The van der Waals surface area contributed by atoms with Gasteiger partial charge < -0.3 is 0 Å². The third-order valence-corrected chi connectivity index (χ3v) is 2.03. The molecule has 0 spiro atoms. The molecular formula is C12H7Cl. The van der Waals surface area contributed by atoms with Crippen molar-refractivity contribution in [2.75, 3.05) is 0 Å². The lowest BCUT2D eigenvalue weighted by Gasteiger charge is -1.68. The van der Waals surface area contributed by atoms with Crippen molar-refractivity contribution in [3.8, 4) is 11.1 Å². The quantitative estimate of drug-likeness (QED) is 0.503. The van der Waals surface area contributed by atoms with Gasteiger partial charge in [0, 0.05) is 10.6 Å². The molecule has 0 heterocycles. The van der Waals surface area contributed by atoms with Crippen LogP contribution >= 0.6 is 11.6 Å². The molecule has 0 fully saturated rings. The zero-order valence-corrected chi connectivity index (χ0v) is 7.68. The molecule has 0 unspecified atom stereocenters. The number of benzene rings is 2. The van der Waals surface area contributed by atoms with Crippen LogP contribution in [0.2, 0.25) is 5.02 Å². The summed E-state index contributed by atoms with van der Waals surface area (Å²) in [6.45, 7) is 0. The van der Waals surface area contributed by atoms with Crippen molar-refractivity contribution in [3.05, 3.63) is 59.6 Å². The average molecular weight is 187 g/mol. The summed E-state index contributed by atoms with van der Waals surface area (Å²) in [7, 11) is 0. The molecule has 2 radical (unpaired) electrons. The van der Waals surface area contributed by atoms with Crippen LogP contribution in [0.5, 0.6) is 0 Å². The van der Waals surface area contributed by atoms with Crippen molar-refractivity contribution >= 4 is 11.6 Å². The van der Waals surface area contributed by atoms with E-state index in [1.54, 1.807) is 6.07 Å². The maximum Gasteiger partial charge on any atom is 0.0491 e. The number of fused-ring (bicyclic) bond motifs is 1. The van der Waals surface area contributed by atoms with Crippen LogP contribution in [0.25, 0.3) is 11.1 Å². The first-order valence-electron chi connectivity index (χ1n) is 4.00. The molecule has 2 aliphatic carbocycles. The highest BCUT2D eigenvalue weighted by Gasteiger charge is 2.14. The number of halogens is 1. The van der Waals surface area contributed by atoms with E-state index in [0.29, 0.717) is 0 Å². The Hall–Kier alpha value is -1.27. The van der Waals surface area contributed by atoms with E-state index in [0.717, 1.165) is 5.02 Å². The van der Waals surface area contributed by atoms with Crippen LogP contribution in [-0.4, -0.2) is 0 Å². The van der Waals surface area contributed by atoms with Crippen LogP contribution in [0.3, 0.4) is 0 Å². The van der Waals surface area contributed by atoms with Gasteiger partial charge in [0.15, 0.2) is 0 Å². The highest BCUT2D eigenvalue weighted by molar-refractivity contribution is 6.35. The van der Waals surface area contributed by atoms with Gasteiger partial charge in [0.25, 0.3) is 0 Å². The molecule has 0 atom stereocenters. The fourth-order valence-electron chi connectivity index (χ4n) is 0.986. The Bertz CT molecular complexity index is 366. The molecule has 0 aromatic heterocycles. The van der Waals surface area contributed by atoms with Crippen molar-refractivity contribution in [2.24, 2.45) is 0 Å². The third-order valence-electron chi connectivity index (χ3n) is 1.71. The SMILES string of the molecule is Clc1c[c]c2cc1-2.[c]1ccccc1. The smallest absolute Gasteiger partial charge is 0.0491 e. The summed E-state index contributed by atoms with van der Waals surface area (Å²) in [5.41, 5.74) is 2.37. The van der Waals surface area contributed by atoms with Gasteiger partial charge in [-0.2, -0.15) is 0 Å². The van der Waals surface area contributed by atoms with E-state index >= 15 is 0 Å². The van der Waals surface area contributed by atoms with Gasteiger partial charge >= 0.3 is 0 Å². The summed E-state index contributed by atoms with van der Waals surface area (Å²) in [4.78, 5) is 0. The molecule has 62 valence electrons. The van der Waals surface area contributed by atoms with Crippen molar-refractivity contribution < 1.29 is 0 Å². The molecule has 0 bridgehead atoms. The largest absolute Gasteiger partial charge is 0.0836 e. The second kappa shape index (κ2) is 3.63. The lowest BCUT2D eigenvalue weighted by Crippen LogP contribution is -1.49. The molecule has 1 heteroatoms. The number of hydrogen-bond donors (Lipinski definition) is 0. The molecular weight excluding hydrogens is 180 g/mol. The van der Waals surface area contributed by atoms with Gasteiger partial charge in [-0.25, -0.2) is 0 Å². The molecule has 1 aromatic rings. The molecule has 0 saturated carbocycles. The Labute approximate surface area is 82.8 Å². The fraction of sp³-hybridized carbons (Fsp3) is 0. The minimum Gasteiger partial charge on any atom is -0.0836 e. The molecule has 3 rings (SSSR count). The Morgan fingerprint density at radius 2 is 1.85 bits per heavy atom. The van der Waals surface area contributed by atoms with Gasteiger partial charge in [-0.05, 0) is 29.8 Å². The second-order valence-corrected chi connectivity index (χ2v) is 3.09. The maximum atomic E-state index is 5.61. The average Bonchev–Trinajstić information content (AvgIpc) is 2.91. The summed E-state index contributed by atoms with van der Waals surface area (Å²) < 4.78 is 0. The lowest BCUT2D eigenvalue weighted by molar-refractivity contribution is 1.70. The van der Waals surface area contributed by atoms with Gasteiger partial charge in [0.1, 0.15) is 0 Å². The van der Waals surface area contributed by atoms with E-state index in [-0.39, 0.29) is 0 Å². The van der Waals surface area contributed by atoms with Crippen molar-refractivity contribution in [3.63, 3.8) is 0 Å². The van der Waals surface area contributed by atoms with Crippen molar-refractivity contribution in [2.45, 2.75) is 0 Å². The Kier molecular flexibility index (Phi) is 2.33.